The average molecular weight is 271 g/mol. The zero-order valence-corrected chi connectivity index (χ0v) is 8.80. The SMILES string of the molecule is O=C(Cl)c1nc(C(F)F)c(Cl)cc1[N+](=O)[O-]. The van der Waals surface area contributed by atoms with E-state index in [9.17, 15) is 23.7 Å². The van der Waals surface area contributed by atoms with Crippen molar-refractivity contribution in [2.45, 2.75) is 6.43 Å². The zero-order chi connectivity index (χ0) is 12.5. The van der Waals surface area contributed by atoms with Gasteiger partial charge < -0.3 is 0 Å². The van der Waals surface area contributed by atoms with Crippen molar-refractivity contribution in [2.24, 2.45) is 0 Å². The number of halogens is 4. The first-order valence-electron chi connectivity index (χ1n) is 3.67. The lowest BCUT2D eigenvalue weighted by Crippen LogP contribution is -2.05. The van der Waals surface area contributed by atoms with Crippen molar-refractivity contribution in [3.8, 4) is 0 Å². The fraction of sp³-hybridized carbons (Fsp3) is 0.143. The molecule has 0 unspecified atom stereocenters. The maximum Gasteiger partial charge on any atom is 0.301 e. The quantitative estimate of drug-likeness (QED) is 0.481. The standard InChI is InChI=1S/C7H2Cl2F2N2O3/c8-2-1-3(13(15)16)5(6(9)14)12-4(2)7(10)11/h1,7H. The highest BCUT2D eigenvalue weighted by Crippen LogP contribution is 2.30. The first-order valence-corrected chi connectivity index (χ1v) is 4.43. The molecule has 1 rings (SSSR count). The molecule has 1 heterocycles. The molecule has 0 aromatic carbocycles. The van der Waals surface area contributed by atoms with Crippen LogP contribution in [0.2, 0.25) is 5.02 Å². The molecule has 0 aliphatic rings. The summed E-state index contributed by atoms with van der Waals surface area (Å²) < 4.78 is 24.7. The summed E-state index contributed by atoms with van der Waals surface area (Å²) in [5.41, 5.74) is -2.59. The van der Waals surface area contributed by atoms with E-state index in [-0.39, 0.29) is 0 Å². The Balaban J connectivity index is 3.49. The summed E-state index contributed by atoms with van der Waals surface area (Å²) in [7, 11) is 0. The topological polar surface area (TPSA) is 73.1 Å². The smallest absolute Gasteiger partial charge is 0.274 e. The van der Waals surface area contributed by atoms with Crippen LogP contribution in [0.5, 0.6) is 0 Å². The molecule has 0 amide bonds. The number of carbonyl (C=O) groups excluding carboxylic acids is 1. The fourth-order valence-electron chi connectivity index (χ4n) is 0.930. The van der Waals surface area contributed by atoms with Crippen molar-refractivity contribution in [3.63, 3.8) is 0 Å². The molecule has 0 aliphatic carbocycles. The number of rotatable bonds is 3. The summed E-state index contributed by atoms with van der Waals surface area (Å²) in [5.74, 6) is 0. The summed E-state index contributed by atoms with van der Waals surface area (Å²) >= 11 is 10.3. The molecular weight excluding hydrogens is 269 g/mol. The van der Waals surface area contributed by atoms with E-state index in [0.29, 0.717) is 6.07 Å². The van der Waals surface area contributed by atoms with Crippen LogP contribution in [0, 0.1) is 10.1 Å². The third-order valence-electron chi connectivity index (χ3n) is 1.57. The number of carbonyl (C=O) groups is 1. The van der Waals surface area contributed by atoms with E-state index in [2.05, 4.69) is 4.98 Å². The van der Waals surface area contributed by atoms with Crippen LogP contribution >= 0.6 is 23.2 Å². The zero-order valence-electron chi connectivity index (χ0n) is 7.29. The number of nitrogens with zero attached hydrogens (tertiary/aromatic N) is 2. The summed E-state index contributed by atoms with van der Waals surface area (Å²) in [5, 5.41) is 8.57. The van der Waals surface area contributed by atoms with Crippen molar-refractivity contribution in [3.05, 3.63) is 32.6 Å². The summed E-state index contributed by atoms with van der Waals surface area (Å²) in [6, 6.07) is 0.617. The minimum absolute atomic E-state index is 0.594. The monoisotopic (exact) mass is 270 g/mol. The third-order valence-corrected chi connectivity index (χ3v) is 2.05. The molecule has 0 saturated carbocycles. The first-order chi connectivity index (χ1) is 7.34. The first kappa shape index (κ1) is 12.7. The van der Waals surface area contributed by atoms with E-state index in [1.165, 1.54) is 0 Å². The second-order valence-electron chi connectivity index (χ2n) is 2.55. The number of hydrogen-bond donors (Lipinski definition) is 0. The Morgan fingerprint density at radius 1 is 1.56 bits per heavy atom. The van der Waals surface area contributed by atoms with Crippen LogP contribution in [0.4, 0.5) is 14.5 Å². The van der Waals surface area contributed by atoms with Gasteiger partial charge in [0.05, 0.1) is 9.95 Å². The molecule has 1 aromatic heterocycles. The predicted octanol–water partition coefficient (Wildman–Crippen LogP) is 2.96. The highest BCUT2D eigenvalue weighted by molar-refractivity contribution is 6.67. The Morgan fingerprint density at radius 3 is 2.50 bits per heavy atom. The van der Waals surface area contributed by atoms with Gasteiger partial charge in [-0.25, -0.2) is 13.8 Å². The maximum atomic E-state index is 12.3. The van der Waals surface area contributed by atoms with Gasteiger partial charge in [0.15, 0.2) is 0 Å². The summed E-state index contributed by atoms with van der Waals surface area (Å²) in [4.78, 5) is 23.3. The van der Waals surface area contributed by atoms with Gasteiger partial charge in [-0.1, -0.05) is 11.6 Å². The molecule has 0 saturated heterocycles. The number of pyridine rings is 1. The molecule has 5 nitrogen and oxygen atoms in total. The van der Waals surface area contributed by atoms with E-state index in [1.807, 2.05) is 0 Å². The van der Waals surface area contributed by atoms with Crippen LogP contribution in [-0.2, 0) is 0 Å². The number of aromatic nitrogens is 1. The van der Waals surface area contributed by atoms with Gasteiger partial charge in [0.25, 0.3) is 11.7 Å². The van der Waals surface area contributed by atoms with Crippen molar-refractivity contribution < 1.29 is 18.5 Å². The lowest BCUT2D eigenvalue weighted by molar-refractivity contribution is -0.385. The van der Waals surface area contributed by atoms with Gasteiger partial charge in [0, 0.05) is 6.07 Å². The van der Waals surface area contributed by atoms with Gasteiger partial charge in [-0.15, -0.1) is 0 Å². The van der Waals surface area contributed by atoms with Crippen LogP contribution in [0.15, 0.2) is 6.07 Å². The molecule has 0 N–H and O–H groups in total. The van der Waals surface area contributed by atoms with Crippen LogP contribution in [0.1, 0.15) is 22.6 Å². The number of nitro groups is 1. The van der Waals surface area contributed by atoms with Gasteiger partial charge in [-0.05, 0) is 11.6 Å². The van der Waals surface area contributed by atoms with Gasteiger partial charge in [0.2, 0.25) is 5.69 Å². The number of alkyl halides is 2. The van der Waals surface area contributed by atoms with E-state index in [1.54, 1.807) is 0 Å². The van der Waals surface area contributed by atoms with Gasteiger partial charge in [0.1, 0.15) is 5.69 Å². The Labute approximate surface area is 97.1 Å². The molecule has 0 atom stereocenters. The maximum absolute atomic E-state index is 12.3. The highest BCUT2D eigenvalue weighted by atomic mass is 35.5. The van der Waals surface area contributed by atoms with E-state index in [4.69, 9.17) is 23.2 Å². The highest BCUT2D eigenvalue weighted by Gasteiger charge is 2.26. The predicted molar refractivity (Wildman–Crippen MR) is 51.0 cm³/mol. The average Bonchev–Trinajstić information content (AvgIpc) is 2.15. The Morgan fingerprint density at radius 2 is 2.12 bits per heavy atom. The second-order valence-corrected chi connectivity index (χ2v) is 3.31. The van der Waals surface area contributed by atoms with Crippen molar-refractivity contribution in [1.29, 1.82) is 0 Å². The molecule has 0 bridgehead atoms. The molecule has 9 heteroatoms. The Kier molecular flexibility index (Phi) is 3.71. The van der Waals surface area contributed by atoms with Crippen molar-refractivity contribution in [2.75, 3.05) is 0 Å². The van der Waals surface area contributed by atoms with Crippen LogP contribution in [-0.4, -0.2) is 15.1 Å². The van der Waals surface area contributed by atoms with Gasteiger partial charge in [-0.2, -0.15) is 0 Å². The lowest BCUT2D eigenvalue weighted by atomic mass is 10.2. The summed E-state index contributed by atoms with van der Waals surface area (Å²) in [6.45, 7) is 0. The van der Waals surface area contributed by atoms with Crippen LogP contribution in [0.3, 0.4) is 0 Å². The molecule has 1 aromatic rings. The summed E-state index contributed by atoms with van der Waals surface area (Å²) in [6.07, 6.45) is -3.05. The number of hydrogen-bond acceptors (Lipinski definition) is 4. The molecule has 16 heavy (non-hydrogen) atoms. The lowest BCUT2D eigenvalue weighted by Gasteiger charge is -2.04. The molecular formula is C7H2Cl2F2N2O3. The van der Waals surface area contributed by atoms with Crippen LogP contribution < -0.4 is 0 Å². The molecule has 0 fully saturated rings. The third kappa shape index (κ3) is 2.42. The van der Waals surface area contributed by atoms with E-state index >= 15 is 0 Å². The molecule has 0 radical (unpaired) electrons. The Hall–Kier alpha value is -1.34. The minimum atomic E-state index is -3.05. The van der Waals surface area contributed by atoms with Crippen LogP contribution in [0.25, 0.3) is 0 Å². The molecule has 0 spiro atoms. The van der Waals surface area contributed by atoms with E-state index < -0.39 is 38.7 Å². The van der Waals surface area contributed by atoms with E-state index in [0.717, 1.165) is 0 Å². The Bertz CT molecular complexity index is 467. The normalized spacial score (nSPS) is 10.6. The molecule has 0 aliphatic heterocycles. The molecule has 86 valence electrons. The van der Waals surface area contributed by atoms with Gasteiger partial charge in [-0.3, -0.25) is 14.9 Å². The fourth-order valence-corrected chi connectivity index (χ4v) is 1.30. The minimum Gasteiger partial charge on any atom is -0.274 e. The van der Waals surface area contributed by atoms with Crippen molar-refractivity contribution >= 4 is 34.1 Å². The second kappa shape index (κ2) is 4.67. The van der Waals surface area contributed by atoms with Gasteiger partial charge >= 0.3 is 5.69 Å². The largest absolute Gasteiger partial charge is 0.301 e. The van der Waals surface area contributed by atoms with Crippen molar-refractivity contribution in [1.82, 2.24) is 4.98 Å².